The number of aliphatic hydroxyl groups is 4. The van der Waals surface area contributed by atoms with Gasteiger partial charge >= 0.3 is 0 Å². The zero-order valence-corrected chi connectivity index (χ0v) is 51.9. The van der Waals surface area contributed by atoms with Crippen LogP contribution in [0.1, 0.15) is 149 Å². The van der Waals surface area contributed by atoms with Gasteiger partial charge in [-0.1, -0.05) is 41.5 Å². The summed E-state index contributed by atoms with van der Waals surface area (Å²) in [6.07, 6.45) is -1.60. The molecule has 0 bridgehead atoms. The topological polar surface area (TPSA) is 319 Å². The third-order valence-corrected chi connectivity index (χ3v) is 14.6. The Balaban J connectivity index is 6.88. The Hall–Kier alpha value is -5.50. The van der Waals surface area contributed by atoms with Crippen LogP contribution in [0, 0.1) is 0 Å². The number of nitrogens with one attached hydrogen (secondary N) is 1. The molecule has 0 spiro atoms. The molecule has 0 fully saturated rings. The molecule has 0 aromatic heterocycles. The first-order valence-electron chi connectivity index (χ1n) is 29.1. The fourth-order valence-electron chi connectivity index (χ4n) is 8.52. The van der Waals surface area contributed by atoms with E-state index >= 15 is 0 Å². The van der Waals surface area contributed by atoms with Gasteiger partial charge in [0.1, 0.15) is 26.2 Å². The van der Waals surface area contributed by atoms with Crippen LogP contribution in [0.5, 0.6) is 0 Å². The third kappa shape index (κ3) is 27.4. The first-order valence-corrected chi connectivity index (χ1v) is 29.1. The maximum absolute atomic E-state index is 14.5. The molecule has 0 saturated carbocycles. The van der Waals surface area contributed by atoms with Gasteiger partial charge in [-0.05, 0) is 108 Å². The Morgan fingerprint density at radius 1 is 0.321 bits per heavy atom. The van der Waals surface area contributed by atoms with Gasteiger partial charge < -0.3 is 75.6 Å². The molecule has 0 heterocycles. The first kappa shape index (κ1) is 75.5. The van der Waals surface area contributed by atoms with Gasteiger partial charge in [-0.2, -0.15) is 0 Å². The van der Waals surface area contributed by atoms with E-state index in [0.717, 1.165) is 26.0 Å². The SMILES string of the molecule is CC[C@@H](C)N(CC(N)=O)C(=O)CN(C(=O)CN(C[C@H](C)O)C(=O)CN(C[C@@H](C)O)C(=O)CN(C(=O)CN(C(=O)CN(C[C@H](C)O)C(=O)CN(C[C@@H](C)O)C(=O)CN(C(=O)CN[C@@H](C)CC)[C@H](C)CC)[C@@H](C)CC)[C@H](C)CC)[C@@H](C)CC. The number of carbonyl (C=O) groups excluding carboxylic acids is 10. The molecule has 81 heavy (non-hydrogen) atoms. The molecule has 0 rings (SSSR count). The van der Waals surface area contributed by atoms with Gasteiger partial charge in [-0.3, -0.25) is 47.9 Å². The summed E-state index contributed by atoms with van der Waals surface area (Å²) in [5, 5.41) is 45.2. The van der Waals surface area contributed by atoms with E-state index in [1.165, 1.54) is 52.2 Å². The quantitative estimate of drug-likeness (QED) is 0.0464. The minimum atomic E-state index is -1.17. The van der Waals surface area contributed by atoms with Crippen molar-refractivity contribution in [2.45, 2.75) is 210 Å². The van der Waals surface area contributed by atoms with Gasteiger partial charge in [0.2, 0.25) is 59.1 Å². The van der Waals surface area contributed by atoms with Crippen LogP contribution in [-0.4, -0.2) is 276 Å². The van der Waals surface area contributed by atoms with Gasteiger partial charge in [0.25, 0.3) is 0 Å². The van der Waals surface area contributed by atoms with Crippen molar-refractivity contribution >= 4 is 59.1 Å². The molecule has 0 aliphatic carbocycles. The van der Waals surface area contributed by atoms with Crippen LogP contribution in [0.2, 0.25) is 0 Å². The molecule has 25 nitrogen and oxygen atoms in total. The molecule has 10 atom stereocenters. The Kier molecular flexibility index (Phi) is 35.7. The van der Waals surface area contributed by atoms with E-state index in [9.17, 15) is 68.4 Å². The molecule has 0 saturated heterocycles. The van der Waals surface area contributed by atoms with Gasteiger partial charge in [0.05, 0.1) is 63.7 Å². The molecule has 0 aliphatic rings. The van der Waals surface area contributed by atoms with Crippen molar-refractivity contribution in [3.8, 4) is 0 Å². The van der Waals surface area contributed by atoms with E-state index in [1.54, 1.807) is 55.4 Å². The van der Waals surface area contributed by atoms with Crippen LogP contribution in [0.3, 0.4) is 0 Å². The lowest BCUT2D eigenvalue weighted by molar-refractivity contribution is -0.152. The highest BCUT2D eigenvalue weighted by molar-refractivity contribution is 5.94. The molecular weight excluding hydrogens is 1050 g/mol. The number of hydrogen-bond acceptors (Lipinski definition) is 15. The van der Waals surface area contributed by atoms with Crippen molar-refractivity contribution in [1.29, 1.82) is 0 Å². The van der Waals surface area contributed by atoms with Gasteiger partial charge in [-0.15, -0.1) is 0 Å². The van der Waals surface area contributed by atoms with Crippen molar-refractivity contribution in [2.75, 3.05) is 91.6 Å². The monoisotopic (exact) mass is 1160 g/mol. The highest BCUT2D eigenvalue weighted by atomic mass is 16.3. The van der Waals surface area contributed by atoms with Crippen LogP contribution < -0.4 is 11.1 Å². The fourth-order valence-corrected chi connectivity index (χ4v) is 8.52. The lowest BCUT2D eigenvalue weighted by Gasteiger charge is -2.36. The second kappa shape index (κ2) is 38.3. The van der Waals surface area contributed by atoms with Crippen LogP contribution >= 0.6 is 0 Å². The van der Waals surface area contributed by atoms with Crippen LogP contribution in [0.15, 0.2) is 0 Å². The number of rotatable bonds is 40. The molecule has 468 valence electrons. The molecule has 0 aromatic carbocycles. The largest absolute Gasteiger partial charge is 0.392 e. The molecule has 0 radical (unpaired) electrons. The Bertz CT molecular complexity index is 2010. The zero-order chi connectivity index (χ0) is 62.6. The number of carbonyl (C=O) groups is 10. The molecule has 10 amide bonds. The number of nitrogens with zero attached hydrogens (tertiary/aromatic N) is 9. The lowest BCUT2D eigenvalue weighted by Crippen LogP contribution is -2.56. The average Bonchev–Trinajstić information content (AvgIpc) is 3.39. The predicted octanol–water partition coefficient (Wildman–Crippen LogP) is -0.167. The molecule has 0 aromatic rings. The molecule has 0 aliphatic heterocycles. The fraction of sp³-hybridized carbons (Fsp3) is 0.821. The maximum atomic E-state index is 14.5. The highest BCUT2D eigenvalue weighted by Gasteiger charge is 2.35. The van der Waals surface area contributed by atoms with Crippen molar-refractivity contribution in [1.82, 2.24) is 49.4 Å². The van der Waals surface area contributed by atoms with Crippen molar-refractivity contribution in [2.24, 2.45) is 5.73 Å². The molecular formula is C56H105N11O14. The van der Waals surface area contributed by atoms with E-state index in [1.807, 2.05) is 27.7 Å². The zero-order valence-electron chi connectivity index (χ0n) is 51.9. The van der Waals surface area contributed by atoms with Gasteiger partial charge in [-0.25, -0.2) is 0 Å². The van der Waals surface area contributed by atoms with Crippen LogP contribution in [0.25, 0.3) is 0 Å². The molecule has 25 heteroatoms. The Labute approximate surface area is 482 Å². The smallest absolute Gasteiger partial charge is 0.242 e. The summed E-state index contributed by atoms with van der Waals surface area (Å²) >= 11 is 0. The summed E-state index contributed by atoms with van der Waals surface area (Å²) in [4.78, 5) is 149. The van der Waals surface area contributed by atoms with Gasteiger partial charge in [0.15, 0.2) is 0 Å². The Morgan fingerprint density at radius 3 is 0.765 bits per heavy atom. The Morgan fingerprint density at radius 2 is 0.531 bits per heavy atom. The summed E-state index contributed by atoms with van der Waals surface area (Å²) in [5.41, 5.74) is 5.44. The summed E-state index contributed by atoms with van der Waals surface area (Å²) < 4.78 is 0. The average molecular weight is 1160 g/mol. The van der Waals surface area contributed by atoms with Crippen LogP contribution in [0.4, 0.5) is 0 Å². The normalized spacial score (nSPS) is 15.0. The predicted molar refractivity (Wildman–Crippen MR) is 307 cm³/mol. The standard InChI is InChI=1S/C56H105N11O14/c1-17-37(7)58-23-48(73)64(39(9)19-3)33-51(76)59(24-43(13)68)29-49(74)62(27-46(16)71)32-54(79)67(42(12)22-6)36-56(81)65(40(10)20-4)34-52(77)60(25-44(14)69)30-50(75)61(26-45(15)70)31-53(78)66(41(11)21-5)35-55(80)63(28-47(57)72)38(8)18-2/h37-46,58,68-71H,17-36H2,1-16H3,(H2,57,72)/t37-,38+,39+,40+,41-,42-,43+,44+,45-,46-/m0/s1. The number of amides is 10. The van der Waals surface area contributed by atoms with Crippen LogP contribution in [-0.2, 0) is 47.9 Å². The second-order valence-electron chi connectivity index (χ2n) is 22.0. The van der Waals surface area contributed by atoms with Crippen molar-refractivity contribution in [3.63, 3.8) is 0 Å². The van der Waals surface area contributed by atoms with E-state index < -0.39 is 142 Å². The first-order chi connectivity index (χ1) is 37.7. The van der Waals surface area contributed by atoms with Crippen molar-refractivity contribution in [3.05, 3.63) is 0 Å². The van der Waals surface area contributed by atoms with Crippen molar-refractivity contribution < 1.29 is 68.4 Å². The third-order valence-electron chi connectivity index (χ3n) is 14.6. The lowest BCUT2D eigenvalue weighted by atomic mass is 10.1. The molecule has 0 unspecified atom stereocenters. The number of aliphatic hydroxyl groups excluding tert-OH is 4. The van der Waals surface area contributed by atoms with E-state index in [4.69, 9.17) is 5.73 Å². The summed E-state index contributed by atoms with van der Waals surface area (Å²) in [6.45, 7) is 21.0. The van der Waals surface area contributed by atoms with Gasteiger partial charge in [0, 0.05) is 62.4 Å². The second-order valence-corrected chi connectivity index (χ2v) is 22.0. The molecule has 7 N–H and O–H groups in total. The summed E-state index contributed by atoms with van der Waals surface area (Å²) in [7, 11) is 0. The highest BCUT2D eigenvalue weighted by Crippen LogP contribution is 2.15. The summed E-state index contributed by atoms with van der Waals surface area (Å²) in [6, 6.07) is -2.37. The van der Waals surface area contributed by atoms with E-state index in [-0.39, 0.29) is 69.8 Å². The van der Waals surface area contributed by atoms with E-state index in [0.29, 0.717) is 32.1 Å². The number of nitrogens with two attached hydrogens (primary N) is 1. The number of hydrogen-bond donors (Lipinski definition) is 6. The minimum Gasteiger partial charge on any atom is -0.392 e. The summed E-state index contributed by atoms with van der Waals surface area (Å²) in [5.74, 6) is -6.53. The maximum Gasteiger partial charge on any atom is 0.242 e. The minimum absolute atomic E-state index is 0.0168. The number of primary amides is 1. The van der Waals surface area contributed by atoms with E-state index in [2.05, 4.69) is 5.32 Å².